The fourth-order valence-corrected chi connectivity index (χ4v) is 2.22. The van der Waals surface area contributed by atoms with E-state index in [0.717, 1.165) is 4.88 Å². The van der Waals surface area contributed by atoms with Crippen molar-refractivity contribution in [2.45, 2.75) is 6.04 Å². The topological polar surface area (TPSA) is 67.6 Å². The molecule has 6 heteroatoms. The van der Waals surface area contributed by atoms with Gasteiger partial charge in [-0.1, -0.05) is 6.07 Å². The lowest BCUT2D eigenvalue weighted by Crippen LogP contribution is -2.50. The zero-order valence-electron chi connectivity index (χ0n) is 8.89. The van der Waals surface area contributed by atoms with Crippen LogP contribution in [-0.4, -0.2) is 37.2 Å². The van der Waals surface area contributed by atoms with Gasteiger partial charge in [-0.15, -0.1) is 11.3 Å². The van der Waals surface area contributed by atoms with Gasteiger partial charge in [0.1, 0.15) is 6.04 Å². The third-order valence-electron chi connectivity index (χ3n) is 2.41. The van der Waals surface area contributed by atoms with Crippen LogP contribution in [0.4, 0.5) is 0 Å². The van der Waals surface area contributed by atoms with E-state index in [-0.39, 0.29) is 5.91 Å². The van der Waals surface area contributed by atoms with Gasteiger partial charge in [0.2, 0.25) is 0 Å². The van der Waals surface area contributed by atoms with Gasteiger partial charge >= 0.3 is 0 Å². The van der Waals surface area contributed by atoms with Crippen LogP contribution in [0.15, 0.2) is 17.5 Å². The van der Waals surface area contributed by atoms with Crippen molar-refractivity contribution in [1.29, 1.82) is 0 Å². The molecule has 1 fully saturated rings. The molecule has 1 atom stereocenters. The second kappa shape index (κ2) is 5.40. The molecule has 0 aliphatic carbocycles. The number of rotatable bonds is 3. The molecule has 0 aromatic carbocycles. The number of carbonyl (C=O) groups is 1. The first-order valence-electron chi connectivity index (χ1n) is 5.19. The van der Waals surface area contributed by atoms with Gasteiger partial charge in [0.05, 0.1) is 13.2 Å². The third-order valence-corrected chi connectivity index (χ3v) is 3.37. The lowest BCUT2D eigenvalue weighted by molar-refractivity contribution is -0.129. The molecule has 2 rings (SSSR count). The van der Waals surface area contributed by atoms with Crippen molar-refractivity contribution in [3.05, 3.63) is 22.4 Å². The molecular formula is C10H15N3O2S. The minimum absolute atomic E-state index is 0.163. The van der Waals surface area contributed by atoms with E-state index in [1.54, 1.807) is 0 Å². The number of amides is 1. The summed E-state index contributed by atoms with van der Waals surface area (Å²) in [5.74, 6) is -0.163. The Balaban J connectivity index is 1.87. The summed E-state index contributed by atoms with van der Waals surface area (Å²) in [6, 6.07) is 3.18. The monoisotopic (exact) mass is 241 g/mol. The molecular weight excluding hydrogens is 226 g/mol. The van der Waals surface area contributed by atoms with Crippen molar-refractivity contribution in [3.8, 4) is 0 Å². The lowest BCUT2D eigenvalue weighted by atomic mass is 10.2. The molecule has 0 radical (unpaired) electrons. The van der Waals surface area contributed by atoms with Crippen LogP contribution in [-0.2, 0) is 9.53 Å². The molecule has 1 aliphatic heterocycles. The molecule has 3 N–H and O–H groups in total. The first-order valence-corrected chi connectivity index (χ1v) is 6.07. The lowest BCUT2D eigenvalue weighted by Gasteiger charge is -2.27. The third kappa shape index (κ3) is 2.79. The molecule has 1 aliphatic rings. The maximum Gasteiger partial charge on any atom is 0.256 e. The molecule has 1 aromatic rings. The molecule has 1 unspecified atom stereocenters. The number of nitrogens with one attached hydrogen (secondary N) is 1. The molecule has 0 saturated carbocycles. The number of hydrogen-bond acceptors (Lipinski definition) is 5. The molecule has 0 bridgehead atoms. The van der Waals surface area contributed by atoms with Gasteiger partial charge in [0.25, 0.3) is 5.91 Å². The zero-order chi connectivity index (χ0) is 11.4. The summed E-state index contributed by atoms with van der Waals surface area (Å²) in [5, 5.41) is 3.76. The van der Waals surface area contributed by atoms with Crippen LogP contribution in [0.2, 0.25) is 0 Å². The second-order valence-corrected chi connectivity index (χ2v) is 4.55. The second-order valence-electron chi connectivity index (χ2n) is 3.57. The molecule has 1 saturated heterocycles. The van der Waals surface area contributed by atoms with Crippen molar-refractivity contribution in [2.75, 3.05) is 26.3 Å². The summed E-state index contributed by atoms with van der Waals surface area (Å²) in [5.41, 5.74) is 8.64. The van der Waals surface area contributed by atoms with Gasteiger partial charge in [-0.05, 0) is 11.4 Å². The Labute approximate surface area is 98.2 Å². The van der Waals surface area contributed by atoms with Gasteiger partial charge in [0, 0.05) is 18.0 Å². The number of ether oxygens (including phenoxy) is 1. The standard InChI is InChI=1S/C10H15N3O2S/c11-9(8-2-1-7-16-8)10(14)12-13-3-5-15-6-4-13/h1-2,7,9H,3-6,11H2,(H,12,14). The predicted octanol–water partition coefficient (Wildman–Crippen LogP) is 0.111. The number of nitrogens with zero attached hydrogens (tertiary/aromatic N) is 1. The average molecular weight is 241 g/mol. The normalized spacial score (nSPS) is 19.3. The maximum atomic E-state index is 11.8. The van der Waals surface area contributed by atoms with Crippen molar-refractivity contribution < 1.29 is 9.53 Å². The molecule has 1 aromatic heterocycles. The van der Waals surface area contributed by atoms with Crippen LogP contribution in [0.25, 0.3) is 0 Å². The Bertz CT molecular complexity index is 336. The van der Waals surface area contributed by atoms with Gasteiger partial charge < -0.3 is 10.5 Å². The van der Waals surface area contributed by atoms with Crippen molar-refractivity contribution in [1.82, 2.24) is 10.4 Å². The number of hydrogen-bond donors (Lipinski definition) is 2. The average Bonchev–Trinajstić information content (AvgIpc) is 2.83. The Morgan fingerprint density at radius 3 is 2.94 bits per heavy atom. The molecule has 1 amide bonds. The fourth-order valence-electron chi connectivity index (χ4n) is 1.50. The number of thiophene rings is 1. The van der Waals surface area contributed by atoms with Crippen molar-refractivity contribution >= 4 is 17.2 Å². The Kier molecular flexibility index (Phi) is 3.89. The van der Waals surface area contributed by atoms with E-state index in [9.17, 15) is 4.79 Å². The van der Waals surface area contributed by atoms with Crippen LogP contribution >= 0.6 is 11.3 Å². The fraction of sp³-hybridized carbons (Fsp3) is 0.500. The molecule has 5 nitrogen and oxygen atoms in total. The highest BCUT2D eigenvalue weighted by Gasteiger charge is 2.20. The van der Waals surface area contributed by atoms with Crippen molar-refractivity contribution in [3.63, 3.8) is 0 Å². The number of carbonyl (C=O) groups excluding carboxylic acids is 1. The van der Waals surface area contributed by atoms with E-state index < -0.39 is 6.04 Å². The van der Waals surface area contributed by atoms with Gasteiger partial charge in [-0.3, -0.25) is 10.2 Å². The Morgan fingerprint density at radius 1 is 1.56 bits per heavy atom. The molecule has 2 heterocycles. The van der Waals surface area contributed by atoms with Crippen LogP contribution < -0.4 is 11.2 Å². The summed E-state index contributed by atoms with van der Waals surface area (Å²) in [6.45, 7) is 2.72. The minimum atomic E-state index is -0.581. The highest BCUT2D eigenvalue weighted by atomic mass is 32.1. The Hall–Kier alpha value is -0.950. The van der Waals surface area contributed by atoms with Crippen LogP contribution in [0, 0.1) is 0 Å². The predicted molar refractivity (Wildman–Crippen MR) is 61.8 cm³/mol. The first-order chi connectivity index (χ1) is 7.77. The van der Waals surface area contributed by atoms with Crippen LogP contribution in [0.5, 0.6) is 0 Å². The van der Waals surface area contributed by atoms with E-state index in [1.807, 2.05) is 22.5 Å². The number of hydrazine groups is 1. The highest BCUT2D eigenvalue weighted by Crippen LogP contribution is 2.16. The van der Waals surface area contributed by atoms with Gasteiger partial charge in [-0.25, -0.2) is 5.01 Å². The Morgan fingerprint density at radius 2 is 2.31 bits per heavy atom. The van der Waals surface area contributed by atoms with E-state index >= 15 is 0 Å². The molecule has 16 heavy (non-hydrogen) atoms. The number of nitrogens with two attached hydrogens (primary N) is 1. The minimum Gasteiger partial charge on any atom is -0.379 e. The van der Waals surface area contributed by atoms with E-state index in [2.05, 4.69) is 5.43 Å². The number of morpholine rings is 1. The smallest absolute Gasteiger partial charge is 0.256 e. The van der Waals surface area contributed by atoms with Crippen molar-refractivity contribution in [2.24, 2.45) is 5.73 Å². The highest BCUT2D eigenvalue weighted by molar-refractivity contribution is 7.10. The van der Waals surface area contributed by atoms with Gasteiger partial charge in [-0.2, -0.15) is 0 Å². The molecule has 0 spiro atoms. The first kappa shape index (κ1) is 11.5. The SMILES string of the molecule is NC(C(=O)NN1CCOCC1)c1cccs1. The quantitative estimate of drug-likeness (QED) is 0.788. The van der Waals surface area contributed by atoms with E-state index in [0.29, 0.717) is 26.3 Å². The van der Waals surface area contributed by atoms with Gasteiger partial charge in [0.15, 0.2) is 0 Å². The summed E-state index contributed by atoms with van der Waals surface area (Å²) < 4.78 is 5.19. The van der Waals surface area contributed by atoms with E-state index in [4.69, 9.17) is 10.5 Å². The summed E-state index contributed by atoms with van der Waals surface area (Å²) >= 11 is 1.49. The molecule has 88 valence electrons. The zero-order valence-corrected chi connectivity index (χ0v) is 9.70. The summed E-state index contributed by atoms with van der Waals surface area (Å²) in [7, 11) is 0. The van der Waals surface area contributed by atoms with Crippen LogP contribution in [0.1, 0.15) is 10.9 Å². The van der Waals surface area contributed by atoms with Crippen LogP contribution in [0.3, 0.4) is 0 Å². The summed E-state index contributed by atoms with van der Waals surface area (Å²) in [6.07, 6.45) is 0. The van der Waals surface area contributed by atoms with E-state index in [1.165, 1.54) is 11.3 Å². The maximum absolute atomic E-state index is 11.8. The summed E-state index contributed by atoms with van der Waals surface area (Å²) in [4.78, 5) is 12.7. The largest absolute Gasteiger partial charge is 0.379 e.